The number of alkyl halides is 3. The molecule has 5 heterocycles. The van der Waals surface area contributed by atoms with Crippen LogP contribution in [-0.2, 0) is 29.0 Å². The van der Waals surface area contributed by atoms with Crippen LogP contribution in [0.5, 0.6) is 0 Å². The molecule has 6 rings (SSSR count). The van der Waals surface area contributed by atoms with Gasteiger partial charge in [-0.25, -0.2) is 9.97 Å². The maximum atomic E-state index is 12.9. The highest BCUT2D eigenvalue weighted by Gasteiger charge is 2.29. The van der Waals surface area contributed by atoms with Crippen molar-refractivity contribution in [3.63, 3.8) is 0 Å². The summed E-state index contributed by atoms with van der Waals surface area (Å²) in [5.41, 5.74) is 3.87. The van der Waals surface area contributed by atoms with Crippen molar-refractivity contribution in [2.75, 3.05) is 31.6 Å². The Morgan fingerprint density at radius 3 is 2.74 bits per heavy atom. The number of thiophene rings is 1. The van der Waals surface area contributed by atoms with Crippen molar-refractivity contribution in [2.24, 2.45) is 0 Å². The van der Waals surface area contributed by atoms with E-state index in [0.717, 1.165) is 60.3 Å². The smallest absolute Gasteiger partial charge is 0.367 e. The molecule has 2 aliphatic rings. The molecule has 2 fully saturated rings. The molecule has 3 aromatic heterocycles. The predicted molar refractivity (Wildman–Crippen MR) is 153 cm³/mol. The van der Waals surface area contributed by atoms with Crippen molar-refractivity contribution in [3.8, 4) is 6.07 Å². The van der Waals surface area contributed by atoms with Gasteiger partial charge in [-0.3, -0.25) is 9.69 Å². The van der Waals surface area contributed by atoms with Crippen molar-refractivity contribution >= 4 is 44.2 Å². The van der Waals surface area contributed by atoms with Gasteiger partial charge in [0.2, 0.25) is 5.91 Å². The van der Waals surface area contributed by atoms with Crippen molar-refractivity contribution < 1.29 is 22.7 Å². The fourth-order valence-electron chi connectivity index (χ4n) is 5.81. The van der Waals surface area contributed by atoms with Crippen LogP contribution < -0.4 is 10.6 Å². The number of benzene rings is 1. The second-order valence-electron chi connectivity index (χ2n) is 10.9. The summed E-state index contributed by atoms with van der Waals surface area (Å²) < 4.78 is 46.3. The molecule has 1 atom stereocenters. The molecule has 220 valence electrons. The molecule has 1 amide bonds. The molecule has 1 aromatic carbocycles. The highest BCUT2D eigenvalue weighted by atomic mass is 32.1. The molecule has 1 unspecified atom stereocenters. The van der Waals surface area contributed by atoms with Gasteiger partial charge >= 0.3 is 6.18 Å². The molecular formula is C29H30F3N7O2S. The number of nitrogens with zero attached hydrogens (tertiary/aromatic N) is 5. The maximum Gasteiger partial charge on any atom is 0.393 e. The number of hydrogen-bond acceptors (Lipinski definition) is 8. The van der Waals surface area contributed by atoms with E-state index < -0.39 is 12.6 Å². The molecule has 2 N–H and O–H groups in total. The predicted octanol–water partition coefficient (Wildman–Crippen LogP) is 4.52. The van der Waals surface area contributed by atoms with E-state index in [1.54, 1.807) is 6.07 Å². The number of hydrogen-bond donors (Lipinski definition) is 2. The summed E-state index contributed by atoms with van der Waals surface area (Å²) in [5, 5.41) is 17.7. The minimum absolute atomic E-state index is 0.0292. The number of rotatable bonds is 7. The highest BCUT2D eigenvalue weighted by Crippen LogP contribution is 2.33. The molecule has 42 heavy (non-hydrogen) atoms. The number of morpholine rings is 1. The number of aromatic nitrogens is 3. The molecule has 0 saturated carbocycles. The number of ether oxygens (including phenoxy) is 1. The minimum atomic E-state index is -4.26. The van der Waals surface area contributed by atoms with Gasteiger partial charge in [0, 0.05) is 48.0 Å². The first-order valence-corrected chi connectivity index (χ1v) is 14.7. The molecule has 2 saturated heterocycles. The lowest BCUT2D eigenvalue weighted by Crippen LogP contribution is -2.44. The second kappa shape index (κ2) is 11.5. The summed E-state index contributed by atoms with van der Waals surface area (Å²) in [6.45, 7) is 5.52. The van der Waals surface area contributed by atoms with E-state index in [2.05, 4.69) is 50.6 Å². The zero-order valence-corrected chi connectivity index (χ0v) is 23.8. The van der Waals surface area contributed by atoms with Gasteiger partial charge in [-0.1, -0.05) is 6.07 Å². The summed E-state index contributed by atoms with van der Waals surface area (Å²) in [6.07, 6.45) is -2.27. The van der Waals surface area contributed by atoms with Gasteiger partial charge in [-0.15, -0.1) is 11.3 Å². The second-order valence-corrected chi connectivity index (χ2v) is 12.0. The van der Waals surface area contributed by atoms with Gasteiger partial charge in [0.15, 0.2) is 0 Å². The molecule has 13 heteroatoms. The van der Waals surface area contributed by atoms with Crippen LogP contribution in [0.2, 0.25) is 0 Å². The zero-order chi connectivity index (χ0) is 29.4. The Balaban J connectivity index is 1.10. The quantitative estimate of drug-likeness (QED) is 0.323. The van der Waals surface area contributed by atoms with Crippen LogP contribution >= 0.6 is 11.3 Å². The Bertz CT molecular complexity index is 1660. The fourth-order valence-corrected chi connectivity index (χ4v) is 6.84. The number of amides is 1. The number of fused-ring (bicyclic) bond motifs is 2. The Labute approximate surface area is 244 Å². The van der Waals surface area contributed by atoms with Gasteiger partial charge in [-0.2, -0.15) is 18.4 Å². The van der Waals surface area contributed by atoms with E-state index in [9.17, 15) is 23.2 Å². The molecule has 0 spiro atoms. The summed E-state index contributed by atoms with van der Waals surface area (Å²) >= 11 is 1.06. The molecular weight excluding hydrogens is 567 g/mol. The molecule has 2 aliphatic heterocycles. The Morgan fingerprint density at radius 2 is 2.02 bits per heavy atom. The fraction of sp³-hybridized carbons (Fsp3) is 0.448. The van der Waals surface area contributed by atoms with Crippen LogP contribution in [-0.4, -0.2) is 69.9 Å². The number of carbonyl (C=O) groups is 1. The number of anilines is 1. The number of aryl methyl sites for hydroxylation is 1. The third-order valence-electron chi connectivity index (χ3n) is 8.02. The van der Waals surface area contributed by atoms with Crippen LogP contribution in [0.3, 0.4) is 0 Å². The lowest BCUT2D eigenvalue weighted by molar-refractivity contribution is -0.133. The SMILES string of the molecule is Cc1c(CN2CCC(Nc3ncnc4sc(CC(F)(F)F)cc34)CC2)ccc2c1cc(C#N)n2CC1CNC(=O)CO1. The third kappa shape index (κ3) is 6.06. The Morgan fingerprint density at radius 1 is 1.21 bits per heavy atom. The maximum absolute atomic E-state index is 12.9. The van der Waals surface area contributed by atoms with Crippen molar-refractivity contribution in [1.29, 1.82) is 5.26 Å². The minimum Gasteiger partial charge on any atom is -0.367 e. The number of carbonyl (C=O) groups excluding carboxylic acids is 1. The Hall–Kier alpha value is -3.73. The van der Waals surface area contributed by atoms with E-state index in [1.165, 1.54) is 11.9 Å². The van der Waals surface area contributed by atoms with E-state index in [0.29, 0.717) is 34.8 Å². The van der Waals surface area contributed by atoms with Crippen molar-refractivity contribution in [3.05, 3.63) is 52.3 Å². The van der Waals surface area contributed by atoms with Crippen molar-refractivity contribution in [1.82, 2.24) is 24.8 Å². The number of likely N-dealkylation sites (tertiary alicyclic amines) is 1. The molecule has 0 bridgehead atoms. The van der Waals surface area contributed by atoms with Gasteiger partial charge < -0.3 is 19.9 Å². The van der Waals surface area contributed by atoms with Crippen molar-refractivity contribution in [2.45, 2.75) is 57.6 Å². The first kappa shape index (κ1) is 28.4. The number of nitrogens with one attached hydrogen (secondary N) is 2. The van der Waals surface area contributed by atoms with E-state index in [-0.39, 0.29) is 29.5 Å². The average molecular weight is 598 g/mol. The number of halogens is 3. The van der Waals surface area contributed by atoms with Crippen LogP contribution in [0.15, 0.2) is 30.6 Å². The third-order valence-corrected chi connectivity index (χ3v) is 9.06. The van der Waals surface area contributed by atoms with E-state index in [1.807, 2.05) is 10.6 Å². The van der Waals surface area contributed by atoms with Crippen LogP contribution in [0.4, 0.5) is 19.0 Å². The monoisotopic (exact) mass is 597 g/mol. The summed E-state index contributed by atoms with van der Waals surface area (Å²) in [6, 6.07) is 10.1. The summed E-state index contributed by atoms with van der Waals surface area (Å²) in [7, 11) is 0. The molecule has 9 nitrogen and oxygen atoms in total. The van der Waals surface area contributed by atoms with Crippen LogP contribution in [0.1, 0.15) is 34.5 Å². The summed E-state index contributed by atoms with van der Waals surface area (Å²) in [5.74, 6) is 0.458. The standard InChI is InChI=1S/C29H30F3N7O2S/c1-17-18(2-3-25-23(17)8-20(11-33)39(25)14-21-12-34-26(40)15-41-21)13-38-6-4-19(5-7-38)37-27-24-9-22(10-29(30,31)32)42-28(24)36-16-35-27/h2-3,8-9,16,19,21H,4-7,10,12-15H2,1H3,(H,34,40)(H,35,36,37). The topological polar surface area (TPSA) is 108 Å². The first-order valence-electron chi connectivity index (χ1n) is 13.9. The number of piperidine rings is 1. The van der Waals surface area contributed by atoms with E-state index >= 15 is 0 Å². The molecule has 4 aromatic rings. The Kier molecular flexibility index (Phi) is 7.78. The highest BCUT2D eigenvalue weighted by molar-refractivity contribution is 7.18. The summed E-state index contributed by atoms with van der Waals surface area (Å²) in [4.78, 5) is 23.1. The van der Waals surface area contributed by atoms with Gasteiger partial charge in [0.1, 0.15) is 35.3 Å². The molecule has 0 aliphatic carbocycles. The van der Waals surface area contributed by atoms with E-state index in [4.69, 9.17) is 4.74 Å². The lowest BCUT2D eigenvalue weighted by atomic mass is 10.0. The molecule has 0 radical (unpaired) electrons. The van der Waals surface area contributed by atoms with Gasteiger partial charge in [0.05, 0.1) is 24.5 Å². The van der Waals surface area contributed by atoms with Gasteiger partial charge in [-0.05, 0) is 49.1 Å². The van der Waals surface area contributed by atoms with Crippen LogP contribution in [0.25, 0.3) is 21.1 Å². The normalized spacial score (nSPS) is 18.8. The average Bonchev–Trinajstić information content (AvgIpc) is 3.53. The largest absolute Gasteiger partial charge is 0.393 e. The van der Waals surface area contributed by atoms with Gasteiger partial charge in [0.25, 0.3) is 0 Å². The first-order chi connectivity index (χ1) is 20.2. The van der Waals surface area contributed by atoms with Crippen LogP contribution in [0, 0.1) is 18.3 Å². The zero-order valence-electron chi connectivity index (χ0n) is 23.0. The lowest BCUT2D eigenvalue weighted by Gasteiger charge is -2.33. The number of nitriles is 1.